The van der Waals surface area contributed by atoms with Gasteiger partial charge in [0.1, 0.15) is 28.6 Å². The van der Waals surface area contributed by atoms with Crippen LogP contribution in [0.3, 0.4) is 0 Å². The SMILES string of the molecule is COC(=O)Nc1ccc2c(c1)NC(=O)CC/C=C/C[C@H](N1CCC(c3c(F)ccc(Cl)c3F)OC1=O)c1nc-2c(Cl)[nH]1. The second kappa shape index (κ2) is 12.4. The molecule has 2 aromatic carbocycles. The number of ether oxygens (including phenoxy) is 2. The van der Waals surface area contributed by atoms with Crippen LogP contribution in [0.5, 0.6) is 0 Å². The normalized spacial score (nSPS) is 19.8. The Morgan fingerprint density at radius 1 is 1.19 bits per heavy atom. The van der Waals surface area contributed by atoms with Gasteiger partial charge in [0.25, 0.3) is 0 Å². The number of methoxy groups -OCH3 is 1. The predicted molar refractivity (Wildman–Crippen MR) is 151 cm³/mol. The fourth-order valence-electron chi connectivity index (χ4n) is 4.88. The van der Waals surface area contributed by atoms with Crippen molar-refractivity contribution in [3.8, 4) is 11.3 Å². The van der Waals surface area contributed by atoms with Crippen LogP contribution >= 0.6 is 23.2 Å². The van der Waals surface area contributed by atoms with E-state index in [9.17, 15) is 23.2 Å². The van der Waals surface area contributed by atoms with Crippen molar-refractivity contribution in [2.75, 3.05) is 24.3 Å². The number of nitrogens with one attached hydrogen (secondary N) is 3. The van der Waals surface area contributed by atoms with E-state index in [1.807, 2.05) is 6.08 Å². The molecule has 3 heterocycles. The molecule has 5 rings (SSSR count). The third-order valence-electron chi connectivity index (χ3n) is 6.93. The number of amides is 3. The van der Waals surface area contributed by atoms with Crippen LogP contribution in [-0.2, 0) is 14.3 Å². The molecule has 2 aliphatic heterocycles. The third kappa shape index (κ3) is 6.04. The van der Waals surface area contributed by atoms with Crippen LogP contribution in [0.1, 0.15) is 49.2 Å². The van der Waals surface area contributed by atoms with E-state index in [0.717, 1.165) is 12.1 Å². The van der Waals surface area contributed by atoms with Crippen molar-refractivity contribution in [2.24, 2.45) is 0 Å². The lowest BCUT2D eigenvalue weighted by atomic mass is 10.0. The molecule has 2 aliphatic rings. The van der Waals surface area contributed by atoms with Crippen LogP contribution in [-0.4, -0.2) is 46.6 Å². The van der Waals surface area contributed by atoms with Crippen LogP contribution in [0.4, 0.5) is 29.7 Å². The number of carbonyl (C=O) groups is 3. The van der Waals surface area contributed by atoms with E-state index < -0.39 is 41.5 Å². The molecule has 220 valence electrons. The molecule has 0 saturated carbocycles. The molecule has 3 N–H and O–H groups in total. The Hall–Kier alpha value is -4.16. The number of hydrogen-bond acceptors (Lipinski definition) is 6. The van der Waals surface area contributed by atoms with E-state index in [2.05, 4.69) is 25.3 Å². The monoisotopic (exact) mass is 619 g/mol. The number of H-pyrrole nitrogens is 1. The summed E-state index contributed by atoms with van der Waals surface area (Å²) in [7, 11) is 1.23. The minimum atomic E-state index is -1.16. The molecule has 0 radical (unpaired) electrons. The molecule has 0 spiro atoms. The van der Waals surface area contributed by atoms with Crippen LogP contribution in [0.25, 0.3) is 11.3 Å². The minimum Gasteiger partial charge on any atom is -0.453 e. The predicted octanol–water partition coefficient (Wildman–Crippen LogP) is 7.14. The highest BCUT2D eigenvalue weighted by atomic mass is 35.5. The summed E-state index contributed by atoms with van der Waals surface area (Å²) in [5.41, 5.74) is 1.08. The van der Waals surface area contributed by atoms with Crippen molar-refractivity contribution in [2.45, 2.75) is 37.8 Å². The van der Waals surface area contributed by atoms with Crippen LogP contribution < -0.4 is 10.6 Å². The summed E-state index contributed by atoms with van der Waals surface area (Å²) < 4.78 is 39.3. The largest absolute Gasteiger partial charge is 0.453 e. The van der Waals surface area contributed by atoms with Gasteiger partial charge >= 0.3 is 12.2 Å². The van der Waals surface area contributed by atoms with Gasteiger partial charge in [-0.25, -0.2) is 23.4 Å². The van der Waals surface area contributed by atoms with Crippen molar-refractivity contribution in [1.29, 1.82) is 0 Å². The number of nitrogens with zero attached hydrogens (tertiary/aromatic N) is 2. The first kappa shape index (κ1) is 29.3. The number of halogens is 4. The van der Waals surface area contributed by atoms with E-state index in [-0.39, 0.29) is 35.5 Å². The molecular formula is C28H25Cl2F2N5O5. The van der Waals surface area contributed by atoms with Gasteiger partial charge in [0.15, 0.2) is 5.82 Å². The van der Waals surface area contributed by atoms with Gasteiger partial charge < -0.3 is 19.8 Å². The smallest absolute Gasteiger partial charge is 0.411 e. The quantitative estimate of drug-likeness (QED) is 0.211. The lowest BCUT2D eigenvalue weighted by Crippen LogP contribution is -2.42. The van der Waals surface area contributed by atoms with Gasteiger partial charge in [-0.15, -0.1) is 0 Å². The zero-order valence-corrected chi connectivity index (χ0v) is 23.7. The minimum absolute atomic E-state index is 0.0959. The van der Waals surface area contributed by atoms with Gasteiger partial charge in [-0.1, -0.05) is 35.4 Å². The maximum absolute atomic E-state index is 14.6. The number of rotatable bonds is 3. The molecule has 1 aromatic heterocycles. The second-order valence-electron chi connectivity index (χ2n) is 9.58. The highest BCUT2D eigenvalue weighted by molar-refractivity contribution is 6.32. The number of hydrogen-bond donors (Lipinski definition) is 3. The number of fused-ring (bicyclic) bond motifs is 4. The number of cyclic esters (lactones) is 1. The summed E-state index contributed by atoms with van der Waals surface area (Å²) >= 11 is 12.4. The van der Waals surface area contributed by atoms with Gasteiger partial charge in [-0.3, -0.25) is 15.0 Å². The first-order chi connectivity index (χ1) is 20.2. The molecule has 2 bridgehead atoms. The number of anilines is 2. The van der Waals surface area contributed by atoms with E-state index in [4.69, 9.17) is 27.9 Å². The Kier molecular flexibility index (Phi) is 8.64. The number of benzene rings is 2. The first-order valence-electron chi connectivity index (χ1n) is 13.0. The summed E-state index contributed by atoms with van der Waals surface area (Å²) in [6, 6.07) is 6.23. The Balaban J connectivity index is 1.48. The zero-order valence-electron chi connectivity index (χ0n) is 22.2. The van der Waals surface area contributed by atoms with Crippen molar-refractivity contribution >= 4 is 52.7 Å². The summed E-state index contributed by atoms with van der Waals surface area (Å²) in [5.74, 6) is -1.77. The fraction of sp³-hybridized carbons (Fsp3) is 0.286. The first-order valence-corrected chi connectivity index (χ1v) is 13.7. The molecule has 3 aromatic rings. The summed E-state index contributed by atoms with van der Waals surface area (Å²) in [4.78, 5) is 46.8. The number of imidazole rings is 1. The van der Waals surface area contributed by atoms with Crippen LogP contribution in [0, 0.1) is 11.6 Å². The maximum atomic E-state index is 14.6. The number of allylic oxidation sites excluding steroid dienone is 1. The molecular weight excluding hydrogens is 595 g/mol. The number of aromatic nitrogens is 2. The van der Waals surface area contributed by atoms with Crippen LogP contribution in [0.2, 0.25) is 10.2 Å². The van der Waals surface area contributed by atoms with E-state index in [1.165, 1.54) is 12.0 Å². The van der Waals surface area contributed by atoms with Gasteiger partial charge in [0, 0.05) is 30.6 Å². The highest BCUT2D eigenvalue weighted by Crippen LogP contribution is 2.39. The number of aromatic amines is 1. The van der Waals surface area contributed by atoms with Crippen LogP contribution in [0.15, 0.2) is 42.5 Å². The molecule has 1 fully saturated rings. The molecule has 2 atom stereocenters. The van der Waals surface area contributed by atoms with Crippen molar-refractivity contribution in [3.63, 3.8) is 0 Å². The average molecular weight is 620 g/mol. The third-order valence-corrected chi connectivity index (χ3v) is 7.49. The van der Waals surface area contributed by atoms with Gasteiger partial charge in [0.05, 0.1) is 29.4 Å². The lowest BCUT2D eigenvalue weighted by Gasteiger charge is -2.36. The molecule has 3 amide bonds. The molecule has 1 saturated heterocycles. The van der Waals surface area contributed by atoms with Crippen molar-refractivity contribution in [1.82, 2.24) is 14.9 Å². The fourth-order valence-corrected chi connectivity index (χ4v) is 5.29. The molecule has 0 aliphatic carbocycles. The molecule has 1 unspecified atom stereocenters. The maximum Gasteiger partial charge on any atom is 0.411 e. The number of carbonyl (C=O) groups excluding carboxylic acids is 3. The van der Waals surface area contributed by atoms with E-state index in [1.54, 1.807) is 24.3 Å². The highest BCUT2D eigenvalue weighted by Gasteiger charge is 2.37. The standard InChI is InChI=1S/C28H25Cl2F2N5O5/c1-41-27(39)33-14-7-8-15-18(13-14)34-21(38)6-4-2-3-5-19(26-35-24(15)25(30)36-26)37-12-11-20(42-28(37)40)22-17(31)10-9-16(29)23(22)32/h2-3,7-10,13,19-20H,4-6,11-12H2,1H3,(H,33,39)(H,34,38)(H,35,36)/b3-2+/t19-,20?/m0/s1. The summed E-state index contributed by atoms with van der Waals surface area (Å²) in [6.07, 6.45) is 1.94. The van der Waals surface area contributed by atoms with Crippen molar-refractivity contribution in [3.05, 3.63) is 75.7 Å². The molecule has 10 nitrogen and oxygen atoms in total. The van der Waals surface area contributed by atoms with Gasteiger partial charge in [-0.05, 0) is 43.2 Å². The zero-order chi connectivity index (χ0) is 30.0. The second-order valence-corrected chi connectivity index (χ2v) is 10.4. The lowest BCUT2D eigenvalue weighted by molar-refractivity contribution is -0.116. The molecule has 42 heavy (non-hydrogen) atoms. The van der Waals surface area contributed by atoms with Gasteiger partial charge in [-0.2, -0.15) is 0 Å². The Bertz CT molecular complexity index is 1580. The summed E-state index contributed by atoms with van der Waals surface area (Å²) in [6.45, 7) is 0.0975. The molecule has 14 heteroatoms. The van der Waals surface area contributed by atoms with E-state index >= 15 is 0 Å². The Morgan fingerprint density at radius 2 is 2.00 bits per heavy atom. The summed E-state index contributed by atoms with van der Waals surface area (Å²) in [5, 5.41) is 5.26. The Labute approximate surface area is 249 Å². The van der Waals surface area contributed by atoms with Crippen molar-refractivity contribution < 1.29 is 32.6 Å². The Morgan fingerprint density at radius 3 is 2.76 bits per heavy atom. The topological polar surface area (TPSA) is 126 Å². The van der Waals surface area contributed by atoms with E-state index in [0.29, 0.717) is 41.3 Å². The van der Waals surface area contributed by atoms with Gasteiger partial charge in [0.2, 0.25) is 5.91 Å². The average Bonchev–Trinajstić information content (AvgIpc) is 3.34.